The Kier molecular flexibility index (Phi) is 5.00. The number of thiophene rings is 1. The Hall–Kier alpha value is -3.63. The zero-order valence-corrected chi connectivity index (χ0v) is 24.1. The van der Waals surface area contributed by atoms with Gasteiger partial charge in [-0.05, 0) is 52.4 Å². The van der Waals surface area contributed by atoms with Gasteiger partial charge in [0.15, 0.2) is 35.6 Å². The van der Waals surface area contributed by atoms with Crippen LogP contribution in [0.3, 0.4) is 0 Å². The van der Waals surface area contributed by atoms with Crippen molar-refractivity contribution in [3.05, 3.63) is 63.3 Å². The van der Waals surface area contributed by atoms with Crippen molar-refractivity contribution in [2.24, 2.45) is 11.8 Å². The van der Waals surface area contributed by atoms with Crippen molar-refractivity contribution in [3.8, 4) is 28.7 Å². The van der Waals surface area contributed by atoms with Gasteiger partial charge in [0.2, 0.25) is 12.5 Å². The maximum atomic E-state index is 13.8. The highest BCUT2D eigenvalue weighted by Gasteiger charge is 2.56. The largest absolute Gasteiger partial charge is 0.502 e. The van der Waals surface area contributed by atoms with Gasteiger partial charge in [-0.1, -0.05) is 6.07 Å². The van der Waals surface area contributed by atoms with E-state index in [2.05, 4.69) is 0 Å². The lowest BCUT2D eigenvalue weighted by Crippen LogP contribution is -2.62. The van der Waals surface area contributed by atoms with Gasteiger partial charge < -0.3 is 58.0 Å². The predicted octanol–water partition coefficient (Wildman–Crippen LogP) is 2.75. The van der Waals surface area contributed by atoms with Gasteiger partial charge >= 0.3 is 5.97 Å². The number of ether oxygens (including phenoxy) is 9. The average Bonchev–Trinajstić information content (AvgIpc) is 3.83. The van der Waals surface area contributed by atoms with E-state index < -0.39 is 118 Å². The molecule has 14 heteroatoms. The molecule has 3 aromatic rings. The van der Waals surface area contributed by atoms with Crippen LogP contribution in [0.25, 0.3) is 0 Å². The number of phenolic OH excluding ortho intramolecular Hbond substituents is 1. The van der Waals surface area contributed by atoms with Gasteiger partial charge in [-0.15, -0.1) is 11.3 Å². The monoisotopic (exact) mass is 667 g/mol. The molecule has 0 unspecified atom stereocenters. The number of hydrogen-bond donors (Lipinski definition) is 3. The number of cyclic esters (lactones) is 1. The second-order valence-electron chi connectivity index (χ2n) is 11.0. The van der Waals surface area contributed by atoms with Crippen molar-refractivity contribution in [2.75, 3.05) is 34.0 Å². The van der Waals surface area contributed by atoms with Gasteiger partial charge in [0.05, 0.1) is 55.1 Å². The van der Waals surface area contributed by atoms with E-state index >= 15 is 0 Å². The van der Waals surface area contributed by atoms with Crippen molar-refractivity contribution in [3.63, 3.8) is 0 Å². The quantitative estimate of drug-likeness (QED) is 0.330. The van der Waals surface area contributed by atoms with Crippen LogP contribution in [0.5, 0.6) is 28.7 Å². The normalized spacial score (nSPS) is 42.2. The molecule has 0 radical (unpaired) electrons. The minimum Gasteiger partial charge on any atom is -0.502 e. The fraction of sp³-hybridized carbons (Fsp3) is 0.469. The van der Waals surface area contributed by atoms with Crippen LogP contribution >= 0.6 is 11.3 Å². The number of aliphatic hydroxyl groups is 2. The van der Waals surface area contributed by atoms with E-state index in [4.69, 9.17) is 56.3 Å². The summed E-state index contributed by atoms with van der Waals surface area (Å²) in [5.74, 6) is -9.46. The molecule has 244 valence electrons. The number of aliphatic hydroxyl groups excluding tert-OH is 2. The topological polar surface area (TPSA) is 161 Å². The van der Waals surface area contributed by atoms with Crippen molar-refractivity contribution in [2.45, 2.75) is 49.0 Å². The third-order valence-corrected chi connectivity index (χ3v) is 9.45. The van der Waals surface area contributed by atoms with Gasteiger partial charge in [-0.3, -0.25) is 4.79 Å². The van der Waals surface area contributed by atoms with Crippen LogP contribution in [0.15, 0.2) is 41.8 Å². The van der Waals surface area contributed by atoms with E-state index in [9.17, 15) is 21.5 Å². The zero-order valence-electron chi connectivity index (χ0n) is 34.3. The van der Waals surface area contributed by atoms with Gasteiger partial charge in [-0.2, -0.15) is 0 Å². The summed E-state index contributed by atoms with van der Waals surface area (Å²) in [6.07, 6.45) is -11.4. The third kappa shape index (κ3) is 4.70. The molecule has 0 amide bonds. The summed E-state index contributed by atoms with van der Waals surface area (Å²) in [4.78, 5) is 14.3. The fourth-order valence-electron chi connectivity index (χ4n) is 6.44. The molecule has 3 N–H and O–H groups in total. The van der Waals surface area contributed by atoms with Gasteiger partial charge in [0, 0.05) is 13.2 Å². The number of rotatable bonds is 6. The smallest absolute Gasteiger partial charge is 0.310 e. The van der Waals surface area contributed by atoms with Crippen molar-refractivity contribution in [1.82, 2.24) is 0 Å². The number of carbonyl (C=O) groups is 1. The Balaban J connectivity index is 1.24. The molecular formula is C32H32O13S. The van der Waals surface area contributed by atoms with Crippen LogP contribution in [0.1, 0.15) is 54.9 Å². The molecule has 5 heterocycles. The summed E-state index contributed by atoms with van der Waals surface area (Å²) in [6, 6.07) is 7.51. The van der Waals surface area contributed by atoms with Gasteiger partial charge in [0.25, 0.3) is 0 Å². The van der Waals surface area contributed by atoms with E-state index in [-0.39, 0.29) is 28.2 Å². The lowest BCUT2D eigenvalue weighted by atomic mass is 9.66. The van der Waals surface area contributed by atoms with Gasteiger partial charge in [0.1, 0.15) is 27.2 Å². The maximum absolute atomic E-state index is 13.8. The van der Waals surface area contributed by atoms with Crippen LogP contribution in [0.2, 0.25) is 0 Å². The first kappa shape index (κ1) is 19.9. The Labute approximate surface area is 282 Å². The molecule has 1 aromatic heterocycles. The third-order valence-electron chi connectivity index (χ3n) is 8.56. The van der Waals surface area contributed by atoms with Crippen molar-refractivity contribution >= 4 is 17.3 Å². The Bertz CT molecular complexity index is 2030. The second kappa shape index (κ2) is 11.6. The summed E-state index contributed by atoms with van der Waals surface area (Å²) in [7, 11) is -6.42. The second-order valence-corrected chi connectivity index (χ2v) is 12.0. The van der Waals surface area contributed by atoms with E-state index in [0.29, 0.717) is 4.88 Å². The molecule has 4 aliphatic heterocycles. The molecule has 2 aromatic carbocycles. The Morgan fingerprint density at radius 2 is 1.78 bits per heavy atom. The summed E-state index contributed by atoms with van der Waals surface area (Å²) < 4.78 is 139. The molecule has 0 bridgehead atoms. The summed E-state index contributed by atoms with van der Waals surface area (Å²) in [5, 5.41) is 35.3. The van der Waals surface area contributed by atoms with Crippen molar-refractivity contribution in [1.29, 1.82) is 0 Å². The number of fused-ring (bicyclic) bond motifs is 4. The number of phenols is 1. The first-order chi connectivity index (χ1) is 26.5. The summed E-state index contributed by atoms with van der Waals surface area (Å²) in [6.45, 7) is -5.78. The maximum Gasteiger partial charge on any atom is 0.310 e. The van der Waals surface area contributed by atoms with Gasteiger partial charge in [-0.25, -0.2) is 0 Å². The molecule has 3 fully saturated rings. The predicted molar refractivity (Wildman–Crippen MR) is 156 cm³/mol. The molecule has 0 spiro atoms. The van der Waals surface area contributed by atoms with E-state index in [1.54, 1.807) is 17.5 Å². The van der Waals surface area contributed by atoms with Crippen molar-refractivity contribution < 1.29 is 77.8 Å². The number of carbonyl (C=O) groups excluding carboxylic acids is 1. The molecule has 0 saturated carbocycles. The first-order valence-electron chi connectivity index (χ1n) is 19.5. The first-order valence-corrected chi connectivity index (χ1v) is 14.9. The molecule has 46 heavy (non-hydrogen) atoms. The zero-order chi connectivity index (χ0) is 41.2. The molecule has 1 aliphatic carbocycles. The fourth-order valence-corrected chi connectivity index (χ4v) is 7.13. The highest BCUT2D eigenvalue weighted by Crippen LogP contribution is 2.57. The number of methoxy groups -OCH3 is 2. The number of hydrogen-bond acceptors (Lipinski definition) is 14. The molecule has 5 aliphatic rings. The van der Waals surface area contributed by atoms with E-state index in [1.807, 2.05) is 0 Å². The summed E-state index contributed by atoms with van der Waals surface area (Å²) >= 11 is 1.21. The average molecular weight is 668 g/mol. The summed E-state index contributed by atoms with van der Waals surface area (Å²) in [5.41, 5.74) is -0.579. The highest BCUT2D eigenvalue weighted by atomic mass is 32.1. The van der Waals surface area contributed by atoms with Crippen LogP contribution in [-0.2, 0) is 28.5 Å². The van der Waals surface area contributed by atoms with Crippen LogP contribution in [0, 0.1) is 11.8 Å². The highest BCUT2D eigenvalue weighted by molar-refractivity contribution is 7.10. The molecule has 10 atom stereocenters. The molecule has 13 nitrogen and oxygen atoms in total. The molecule has 3 saturated heterocycles. The number of esters is 1. The Morgan fingerprint density at radius 3 is 2.50 bits per heavy atom. The minimum atomic E-state index is -3.21. The molecular weight excluding hydrogens is 624 g/mol. The lowest BCUT2D eigenvalue weighted by molar-refractivity contribution is -0.368. The SMILES string of the molecule is [2H]C([2H])([2H])Oc1cc([C@]2([2H])c3cc4c(cc3[C@@H](O[C@@H]3O[C@H]5[C@@H](O[C@H](c6cccs6)OC5([2H])[2H])[C@H](O)[C@H]3O)[C@H]3COC(=O)[C@@H]32)OC([2H])([2H])O4)cc(OC([2H])([2H])[2H])c1O. The Morgan fingerprint density at radius 1 is 1.02 bits per heavy atom. The van der Waals surface area contributed by atoms with Crippen LogP contribution in [0.4, 0.5) is 0 Å². The van der Waals surface area contributed by atoms with E-state index in [0.717, 1.165) is 18.2 Å². The van der Waals surface area contributed by atoms with Crippen LogP contribution in [-0.4, -0.2) is 86.0 Å². The molecule has 8 rings (SSSR count). The van der Waals surface area contributed by atoms with Crippen LogP contribution < -0.4 is 18.9 Å². The lowest BCUT2D eigenvalue weighted by Gasteiger charge is -2.48. The number of benzene rings is 2. The van der Waals surface area contributed by atoms with E-state index in [1.165, 1.54) is 17.4 Å². The standard InChI is InChI=1S/C32H32O13S/c1-37-19-6-13(7-20(38-2)25(19)33)23-14-8-17-18(42-12-41-17)9-15(14)28(16-10-39-30(36)24(16)23)44-32-27(35)26(34)29-21(43-32)11-40-31(45-29)22-4-3-5-46-22/h3-9,16,21,23-24,26-29,31-35H,10-12H2,1-2H3/t16-,21+,23+,24-,26+,27+,28+,29+,31+,32-/m0/s1/i1D3,2D3,11D2,12D2,23D. The number of aromatic hydroxyl groups is 1. The minimum absolute atomic E-state index is 0.0291.